The molecule has 0 atom stereocenters. The molecule has 4 nitrogen and oxygen atoms in total. The molecule has 0 saturated carbocycles. The van der Waals surface area contributed by atoms with Gasteiger partial charge in [-0.1, -0.05) is 13.8 Å². The summed E-state index contributed by atoms with van der Waals surface area (Å²) in [5, 5.41) is 0. The summed E-state index contributed by atoms with van der Waals surface area (Å²) in [6.45, 7) is 16.6. The minimum atomic E-state index is -0.368. The lowest BCUT2D eigenvalue weighted by Crippen LogP contribution is -2.47. The van der Waals surface area contributed by atoms with Crippen LogP contribution in [0, 0.1) is 5.92 Å². The van der Waals surface area contributed by atoms with Crippen LogP contribution in [0.3, 0.4) is 0 Å². The highest BCUT2D eigenvalue weighted by Crippen LogP contribution is 2.10. The molecule has 1 rings (SSSR count). The van der Waals surface area contributed by atoms with Gasteiger partial charge in [0, 0.05) is 39.3 Å². The van der Waals surface area contributed by atoms with Crippen LogP contribution in [-0.4, -0.2) is 60.6 Å². The molecule has 4 heteroatoms. The predicted octanol–water partition coefficient (Wildman–Crippen LogP) is 1.99. The molecule has 0 bridgehead atoms. The van der Waals surface area contributed by atoms with Crippen molar-refractivity contribution in [3.05, 3.63) is 0 Å². The number of nitrogens with zero attached hydrogens (tertiary/aromatic N) is 2. The number of piperazine rings is 1. The Bertz CT molecular complexity index is 276. The van der Waals surface area contributed by atoms with E-state index in [1.54, 1.807) is 0 Å². The van der Waals surface area contributed by atoms with Crippen LogP contribution in [0.25, 0.3) is 0 Å². The van der Waals surface area contributed by atoms with Crippen LogP contribution in [0.15, 0.2) is 0 Å². The number of carbonyl (C=O) groups is 1. The third kappa shape index (κ3) is 7.53. The van der Waals surface area contributed by atoms with Crippen molar-refractivity contribution in [3.63, 3.8) is 0 Å². The van der Waals surface area contributed by atoms with Gasteiger partial charge in [-0.3, -0.25) is 4.79 Å². The maximum Gasteiger partial charge on any atom is 0.307 e. The summed E-state index contributed by atoms with van der Waals surface area (Å²) in [6, 6.07) is 0. The molecular formula is C15H30N2O2. The molecule has 1 heterocycles. The first kappa shape index (κ1) is 16.4. The van der Waals surface area contributed by atoms with Gasteiger partial charge in [0.05, 0.1) is 6.42 Å². The third-order valence-electron chi connectivity index (χ3n) is 3.14. The Morgan fingerprint density at radius 2 is 1.63 bits per heavy atom. The maximum atomic E-state index is 11.7. The van der Waals surface area contributed by atoms with E-state index in [1.165, 1.54) is 6.54 Å². The Morgan fingerprint density at radius 3 is 2.11 bits per heavy atom. The fraction of sp³-hybridized carbons (Fsp3) is 0.933. The minimum Gasteiger partial charge on any atom is -0.460 e. The molecule has 19 heavy (non-hydrogen) atoms. The van der Waals surface area contributed by atoms with Crippen molar-refractivity contribution >= 4 is 5.97 Å². The van der Waals surface area contributed by atoms with Gasteiger partial charge in [-0.2, -0.15) is 0 Å². The second-order valence-corrected chi connectivity index (χ2v) is 6.87. The first-order valence-corrected chi connectivity index (χ1v) is 7.43. The highest BCUT2D eigenvalue weighted by molar-refractivity contribution is 5.70. The molecule has 0 spiro atoms. The maximum absolute atomic E-state index is 11.7. The summed E-state index contributed by atoms with van der Waals surface area (Å²) in [6.07, 6.45) is 0.501. The van der Waals surface area contributed by atoms with E-state index in [0.717, 1.165) is 38.6 Å². The molecule has 0 unspecified atom stereocenters. The van der Waals surface area contributed by atoms with Crippen molar-refractivity contribution in [2.24, 2.45) is 5.92 Å². The molecular weight excluding hydrogens is 240 g/mol. The first-order valence-electron chi connectivity index (χ1n) is 7.43. The van der Waals surface area contributed by atoms with E-state index in [-0.39, 0.29) is 11.6 Å². The van der Waals surface area contributed by atoms with Crippen LogP contribution in [0.5, 0.6) is 0 Å². The standard InChI is InChI=1S/C15H30N2O2/c1-13(2)12-17-10-8-16(9-11-17)7-6-14(18)19-15(3,4)5/h13H,6-12H2,1-5H3. The molecule has 0 radical (unpaired) electrons. The Labute approximate surface area is 118 Å². The lowest BCUT2D eigenvalue weighted by Gasteiger charge is -2.35. The van der Waals surface area contributed by atoms with Crippen molar-refractivity contribution in [1.82, 2.24) is 9.80 Å². The highest BCUT2D eigenvalue weighted by Gasteiger charge is 2.20. The molecule has 0 aliphatic carbocycles. The Morgan fingerprint density at radius 1 is 1.11 bits per heavy atom. The van der Waals surface area contributed by atoms with Crippen LogP contribution in [0.1, 0.15) is 41.0 Å². The van der Waals surface area contributed by atoms with Crippen LogP contribution in [0.4, 0.5) is 0 Å². The highest BCUT2D eigenvalue weighted by atomic mass is 16.6. The summed E-state index contributed by atoms with van der Waals surface area (Å²) >= 11 is 0. The topological polar surface area (TPSA) is 32.8 Å². The Balaban J connectivity index is 2.17. The van der Waals surface area contributed by atoms with Crippen molar-refractivity contribution in [2.45, 2.75) is 46.6 Å². The van der Waals surface area contributed by atoms with Gasteiger partial charge in [-0.05, 0) is 26.7 Å². The van der Waals surface area contributed by atoms with E-state index in [0.29, 0.717) is 6.42 Å². The van der Waals surface area contributed by atoms with E-state index in [2.05, 4.69) is 23.6 Å². The van der Waals surface area contributed by atoms with Gasteiger partial charge in [0.1, 0.15) is 5.60 Å². The lowest BCUT2D eigenvalue weighted by atomic mass is 10.2. The Kier molecular flexibility index (Phi) is 6.27. The summed E-state index contributed by atoms with van der Waals surface area (Å²) in [7, 11) is 0. The molecule has 0 N–H and O–H groups in total. The monoisotopic (exact) mass is 270 g/mol. The number of carbonyl (C=O) groups excluding carboxylic acids is 1. The van der Waals surface area contributed by atoms with Crippen molar-refractivity contribution in [1.29, 1.82) is 0 Å². The zero-order valence-electron chi connectivity index (χ0n) is 13.2. The zero-order chi connectivity index (χ0) is 14.5. The quantitative estimate of drug-likeness (QED) is 0.715. The number of rotatable bonds is 5. The van der Waals surface area contributed by atoms with Crippen molar-refractivity contribution in [2.75, 3.05) is 39.3 Å². The normalized spacial score (nSPS) is 18.8. The van der Waals surface area contributed by atoms with Gasteiger partial charge in [0.25, 0.3) is 0 Å². The van der Waals surface area contributed by atoms with Gasteiger partial charge < -0.3 is 14.5 Å². The van der Waals surface area contributed by atoms with E-state index in [4.69, 9.17) is 4.74 Å². The van der Waals surface area contributed by atoms with Gasteiger partial charge >= 0.3 is 5.97 Å². The molecule has 0 aromatic carbocycles. The molecule has 112 valence electrons. The van der Waals surface area contributed by atoms with Crippen LogP contribution in [-0.2, 0) is 9.53 Å². The largest absolute Gasteiger partial charge is 0.460 e. The molecule has 1 aliphatic rings. The molecule has 1 aliphatic heterocycles. The number of hydrogen-bond donors (Lipinski definition) is 0. The van der Waals surface area contributed by atoms with Gasteiger partial charge in [-0.25, -0.2) is 0 Å². The van der Waals surface area contributed by atoms with Gasteiger partial charge in [0.2, 0.25) is 0 Å². The van der Waals surface area contributed by atoms with E-state index < -0.39 is 0 Å². The Hall–Kier alpha value is -0.610. The second-order valence-electron chi connectivity index (χ2n) is 6.87. The van der Waals surface area contributed by atoms with E-state index in [9.17, 15) is 4.79 Å². The third-order valence-corrected chi connectivity index (χ3v) is 3.14. The van der Waals surface area contributed by atoms with Crippen LogP contribution < -0.4 is 0 Å². The van der Waals surface area contributed by atoms with Crippen molar-refractivity contribution < 1.29 is 9.53 Å². The summed E-state index contributed by atoms with van der Waals surface area (Å²) in [5.41, 5.74) is -0.368. The number of esters is 1. The molecule has 0 aromatic heterocycles. The smallest absolute Gasteiger partial charge is 0.307 e. The summed E-state index contributed by atoms with van der Waals surface area (Å²) < 4.78 is 5.33. The van der Waals surface area contributed by atoms with E-state index in [1.807, 2.05) is 20.8 Å². The van der Waals surface area contributed by atoms with Crippen LogP contribution >= 0.6 is 0 Å². The molecule has 0 amide bonds. The second kappa shape index (κ2) is 7.25. The van der Waals surface area contributed by atoms with Crippen LogP contribution in [0.2, 0.25) is 0 Å². The molecule has 1 fully saturated rings. The lowest BCUT2D eigenvalue weighted by molar-refractivity contribution is -0.155. The summed E-state index contributed by atoms with van der Waals surface area (Å²) in [5.74, 6) is 0.644. The number of hydrogen-bond acceptors (Lipinski definition) is 4. The van der Waals surface area contributed by atoms with E-state index >= 15 is 0 Å². The SMILES string of the molecule is CC(C)CN1CCN(CCC(=O)OC(C)(C)C)CC1. The molecule has 0 aromatic rings. The number of ether oxygens (including phenoxy) is 1. The first-order chi connectivity index (χ1) is 8.76. The van der Waals surface area contributed by atoms with Gasteiger partial charge in [0.15, 0.2) is 0 Å². The summed E-state index contributed by atoms with van der Waals surface area (Å²) in [4.78, 5) is 16.5. The van der Waals surface area contributed by atoms with Gasteiger partial charge in [-0.15, -0.1) is 0 Å². The average molecular weight is 270 g/mol. The average Bonchev–Trinajstić information content (AvgIpc) is 2.25. The fourth-order valence-corrected chi connectivity index (χ4v) is 2.35. The zero-order valence-corrected chi connectivity index (χ0v) is 13.2. The predicted molar refractivity (Wildman–Crippen MR) is 78.2 cm³/mol. The minimum absolute atomic E-state index is 0.0860. The fourth-order valence-electron chi connectivity index (χ4n) is 2.35. The molecule has 1 saturated heterocycles. The van der Waals surface area contributed by atoms with Crippen molar-refractivity contribution in [3.8, 4) is 0 Å².